The summed E-state index contributed by atoms with van der Waals surface area (Å²) < 4.78 is 0. The van der Waals surface area contributed by atoms with Crippen LogP contribution in [0.1, 0.15) is 71.3 Å². The lowest BCUT2D eigenvalue weighted by atomic mass is 9.97. The van der Waals surface area contributed by atoms with Crippen molar-refractivity contribution in [2.75, 3.05) is 25.1 Å². The Morgan fingerprint density at radius 1 is 0.612 bits per heavy atom. The molecule has 9 amide bonds. The molecule has 0 radical (unpaired) electrons. The fourth-order valence-electron chi connectivity index (χ4n) is 5.85. The van der Waals surface area contributed by atoms with Gasteiger partial charge in [-0.2, -0.15) is 11.8 Å². The highest BCUT2D eigenvalue weighted by atomic mass is 32.2. The van der Waals surface area contributed by atoms with E-state index in [1.54, 1.807) is 50.4 Å². The molecule has 0 heterocycles. The van der Waals surface area contributed by atoms with Crippen LogP contribution in [0.3, 0.4) is 0 Å². The van der Waals surface area contributed by atoms with E-state index >= 15 is 0 Å². The monoisotopic (exact) mass is 966 g/mol. The predicted octanol–water partition coefficient (Wildman–Crippen LogP) is -3.79. The van der Waals surface area contributed by atoms with E-state index in [-0.39, 0.29) is 38.5 Å². The van der Waals surface area contributed by atoms with Gasteiger partial charge >= 0.3 is 17.9 Å². The Labute approximate surface area is 390 Å². The van der Waals surface area contributed by atoms with Crippen LogP contribution in [0, 0.1) is 5.92 Å². The molecule has 1 aromatic carbocycles. The average molecular weight is 967 g/mol. The second-order valence-corrected chi connectivity index (χ2v) is 16.3. The molecule has 8 atom stereocenters. The lowest BCUT2D eigenvalue weighted by molar-refractivity contribution is -0.143. The summed E-state index contributed by atoms with van der Waals surface area (Å²) in [5.74, 6) is -12.5. The minimum atomic E-state index is -1.82. The molecule has 0 spiro atoms. The van der Waals surface area contributed by atoms with Gasteiger partial charge < -0.3 is 69.3 Å². The van der Waals surface area contributed by atoms with Gasteiger partial charge in [0.25, 0.3) is 0 Å². The van der Waals surface area contributed by atoms with Gasteiger partial charge in [-0.3, -0.25) is 52.7 Å². The van der Waals surface area contributed by atoms with Gasteiger partial charge in [0.1, 0.15) is 36.3 Å². The Balaban J connectivity index is 3.14. The SMILES string of the molecule is CCC(C)C(NC(=O)C(C)NC(=O)C(CC(=O)O)NC(=O)C(Cc1ccccc1)NC(=O)CNC(=O)CNC(=O)C(N)CCC(=O)O)C(=O)NC(CCSC)C(=O)NC(CCC(N)=O)C(=O)O. The molecule has 0 aromatic heterocycles. The van der Waals surface area contributed by atoms with Crippen LogP contribution in [0.5, 0.6) is 0 Å². The molecule has 15 N–H and O–H groups in total. The molecule has 26 heteroatoms. The van der Waals surface area contributed by atoms with Gasteiger partial charge in [-0.25, -0.2) is 4.79 Å². The molecule has 1 rings (SSSR count). The van der Waals surface area contributed by atoms with Crippen molar-refractivity contribution in [2.45, 2.75) is 114 Å². The highest BCUT2D eigenvalue weighted by Crippen LogP contribution is 2.12. The maximum atomic E-state index is 13.7. The molecule has 1 aromatic rings. The van der Waals surface area contributed by atoms with E-state index in [0.717, 1.165) is 0 Å². The van der Waals surface area contributed by atoms with Crippen molar-refractivity contribution in [3.63, 3.8) is 0 Å². The molecule has 0 saturated carbocycles. The number of carboxylic acids is 3. The molecule has 0 bridgehead atoms. The maximum Gasteiger partial charge on any atom is 0.326 e. The largest absolute Gasteiger partial charge is 0.481 e. The summed E-state index contributed by atoms with van der Waals surface area (Å²) in [6.07, 6.45) is -0.246. The van der Waals surface area contributed by atoms with E-state index < -0.39 is 139 Å². The fourth-order valence-corrected chi connectivity index (χ4v) is 6.32. The molecule has 0 aliphatic carbocycles. The van der Waals surface area contributed by atoms with Crippen LogP contribution < -0.4 is 54.0 Å². The second-order valence-electron chi connectivity index (χ2n) is 15.4. The zero-order valence-electron chi connectivity index (χ0n) is 37.6. The molecular weight excluding hydrogens is 905 g/mol. The number of thioether (sulfide) groups is 1. The number of hydrogen-bond donors (Lipinski definition) is 13. The van der Waals surface area contributed by atoms with Gasteiger partial charge in [-0.05, 0) is 49.7 Å². The average Bonchev–Trinajstić information content (AvgIpc) is 3.27. The molecule has 8 unspecified atom stereocenters. The van der Waals surface area contributed by atoms with Crippen LogP contribution in [0.2, 0.25) is 0 Å². The smallest absolute Gasteiger partial charge is 0.326 e. The first-order chi connectivity index (χ1) is 31.5. The summed E-state index contributed by atoms with van der Waals surface area (Å²) in [6.45, 7) is 3.24. The third-order valence-corrected chi connectivity index (χ3v) is 10.5. The normalized spacial score (nSPS) is 14.3. The Bertz CT molecular complexity index is 1920. The number of rotatable bonds is 32. The number of aliphatic carboxylic acids is 3. The van der Waals surface area contributed by atoms with Crippen molar-refractivity contribution in [2.24, 2.45) is 17.4 Å². The zero-order chi connectivity index (χ0) is 50.8. The van der Waals surface area contributed by atoms with Gasteiger partial charge in [0, 0.05) is 19.3 Å². The molecule has 372 valence electrons. The lowest BCUT2D eigenvalue weighted by Crippen LogP contribution is -2.60. The first kappa shape index (κ1) is 58.2. The van der Waals surface area contributed by atoms with Crippen molar-refractivity contribution >= 4 is 82.8 Å². The maximum absolute atomic E-state index is 13.7. The Hall–Kier alpha value is -6.83. The first-order valence-corrected chi connectivity index (χ1v) is 22.5. The Kier molecular flexibility index (Phi) is 26.4. The van der Waals surface area contributed by atoms with E-state index in [1.807, 2.05) is 0 Å². The molecule has 0 fully saturated rings. The summed E-state index contributed by atoms with van der Waals surface area (Å²) in [7, 11) is 0. The molecule has 0 aliphatic rings. The fraction of sp³-hybridized carbons (Fsp3) is 0.561. The van der Waals surface area contributed by atoms with Crippen molar-refractivity contribution < 1.29 is 72.9 Å². The van der Waals surface area contributed by atoms with Gasteiger partial charge in [-0.1, -0.05) is 50.6 Å². The summed E-state index contributed by atoms with van der Waals surface area (Å²) in [5.41, 5.74) is 11.3. The number of carbonyl (C=O) groups is 12. The van der Waals surface area contributed by atoms with Crippen molar-refractivity contribution in [3.05, 3.63) is 35.9 Å². The van der Waals surface area contributed by atoms with E-state index in [9.17, 15) is 67.7 Å². The van der Waals surface area contributed by atoms with Gasteiger partial charge in [0.05, 0.1) is 25.6 Å². The summed E-state index contributed by atoms with van der Waals surface area (Å²) in [6, 6.07) is -1.78. The van der Waals surface area contributed by atoms with Crippen molar-refractivity contribution in [3.8, 4) is 0 Å². The van der Waals surface area contributed by atoms with E-state index in [4.69, 9.17) is 16.6 Å². The topological polar surface area (TPSA) is 414 Å². The van der Waals surface area contributed by atoms with E-state index in [0.29, 0.717) is 17.7 Å². The first-order valence-electron chi connectivity index (χ1n) is 21.1. The molecule has 0 saturated heterocycles. The number of amides is 9. The van der Waals surface area contributed by atoms with Crippen LogP contribution in [0.15, 0.2) is 30.3 Å². The van der Waals surface area contributed by atoms with Crippen LogP contribution in [0.25, 0.3) is 0 Å². The molecule has 0 aliphatic heterocycles. The van der Waals surface area contributed by atoms with E-state index in [1.165, 1.54) is 18.7 Å². The number of hydrogen-bond acceptors (Lipinski definition) is 14. The van der Waals surface area contributed by atoms with Crippen LogP contribution in [-0.4, -0.2) is 154 Å². The zero-order valence-corrected chi connectivity index (χ0v) is 38.4. The van der Waals surface area contributed by atoms with Crippen LogP contribution in [-0.2, 0) is 64.0 Å². The quantitative estimate of drug-likeness (QED) is 0.0329. The predicted molar refractivity (Wildman–Crippen MR) is 239 cm³/mol. The number of nitrogens with two attached hydrogens (primary N) is 2. The minimum Gasteiger partial charge on any atom is -0.481 e. The van der Waals surface area contributed by atoms with Crippen molar-refractivity contribution in [1.82, 2.24) is 42.5 Å². The van der Waals surface area contributed by atoms with Crippen LogP contribution >= 0.6 is 11.8 Å². The summed E-state index contributed by atoms with van der Waals surface area (Å²) in [4.78, 5) is 151. The highest BCUT2D eigenvalue weighted by Gasteiger charge is 2.34. The van der Waals surface area contributed by atoms with Crippen LogP contribution in [0.4, 0.5) is 0 Å². The third kappa shape index (κ3) is 23.3. The summed E-state index contributed by atoms with van der Waals surface area (Å²) >= 11 is 1.34. The lowest BCUT2D eigenvalue weighted by Gasteiger charge is -2.28. The number of primary amides is 1. The highest BCUT2D eigenvalue weighted by molar-refractivity contribution is 7.98. The van der Waals surface area contributed by atoms with Gasteiger partial charge in [0.15, 0.2) is 0 Å². The second kappa shape index (κ2) is 30.4. The van der Waals surface area contributed by atoms with Gasteiger partial charge in [0.2, 0.25) is 53.2 Å². The Morgan fingerprint density at radius 3 is 1.76 bits per heavy atom. The Morgan fingerprint density at radius 2 is 1.19 bits per heavy atom. The number of carboxylic acid groups (broad SMARTS) is 3. The number of carbonyl (C=O) groups excluding carboxylic acids is 9. The summed E-state index contributed by atoms with van der Waals surface area (Å²) in [5, 5.41) is 46.8. The van der Waals surface area contributed by atoms with E-state index in [2.05, 4.69) is 42.5 Å². The molecule has 67 heavy (non-hydrogen) atoms. The molecule has 25 nitrogen and oxygen atoms in total. The minimum absolute atomic E-state index is 0.0500. The standard InChI is InChI=1S/C41H62N10O15S/c1-5-21(2)34(40(64)48-25(15-16-67-4)37(61)49-26(41(65)66)12-13-29(43)52)51-35(59)22(3)46-38(62)28(18-33(57)58)50-39(63)27(17-23-9-7-6-8-10-23)47-31(54)20-44-30(53)19-45-36(60)24(42)11-14-32(55)56/h6-10,21-22,24-28,34H,5,11-20,42H2,1-4H3,(H2,43,52)(H,44,53)(H,45,60)(H,46,62)(H,47,54)(H,48,64)(H,49,61)(H,50,63)(H,51,59)(H,55,56)(H,57,58)(H,65,66). The van der Waals surface area contributed by atoms with Crippen molar-refractivity contribution in [1.29, 1.82) is 0 Å². The number of benzene rings is 1. The third-order valence-electron chi connectivity index (χ3n) is 9.90. The molecular formula is C41H62N10O15S. The van der Waals surface area contributed by atoms with Gasteiger partial charge in [-0.15, -0.1) is 0 Å². The number of nitrogens with one attached hydrogen (secondary N) is 8.